The normalized spacial score (nSPS) is 10.9. The van der Waals surface area contributed by atoms with Crippen LogP contribution in [0.1, 0.15) is 80.8 Å². The van der Waals surface area contributed by atoms with Gasteiger partial charge in [-0.15, -0.1) is 0 Å². The molecule has 0 atom stereocenters. The molecule has 0 amide bonds. The third-order valence-electron chi connectivity index (χ3n) is 3.63. The zero-order chi connectivity index (χ0) is 17.4. The van der Waals surface area contributed by atoms with Crippen LogP contribution in [0.2, 0.25) is 0 Å². The predicted octanol–water partition coefficient (Wildman–Crippen LogP) is 4.47. The summed E-state index contributed by atoms with van der Waals surface area (Å²) in [6, 6.07) is 3.79. The molecule has 0 unspecified atom stereocenters. The van der Waals surface area contributed by atoms with Crippen molar-refractivity contribution in [2.75, 3.05) is 13.2 Å². The largest absolute Gasteiger partial charge is 0.493 e. The molecule has 23 heavy (non-hydrogen) atoms. The van der Waals surface area contributed by atoms with Crippen LogP contribution in [-0.4, -0.2) is 25.5 Å². The lowest BCUT2D eigenvalue weighted by Gasteiger charge is -2.21. The van der Waals surface area contributed by atoms with Gasteiger partial charge in [0, 0.05) is 12.0 Å². The predicted molar refractivity (Wildman–Crippen MR) is 91.4 cm³/mol. The van der Waals surface area contributed by atoms with Gasteiger partial charge < -0.3 is 9.47 Å². The van der Waals surface area contributed by atoms with Gasteiger partial charge >= 0.3 is 5.97 Å². The van der Waals surface area contributed by atoms with Gasteiger partial charge in [-0.2, -0.15) is 0 Å². The Hall–Kier alpha value is -1.84. The first-order valence-corrected chi connectivity index (χ1v) is 8.32. The number of hydrogen-bond acceptors (Lipinski definition) is 4. The molecule has 0 N–H and O–H groups in total. The summed E-state index contributed by atoms with van der Waals surface area (Å²) in [5.74, 6) is 1.17. The van der Waals surface area contributed by atoms with Gasteiger partial charge in [0.2, 0.25) is 0 Å². The summed E-state index contributed by atoms with van der Waals surface area (Å²) < 4.78 is 10.9. The van der Waals surface area contributed by atoms with Crippen LogP contribution in [0.3, 0.4) is 0 Å². The van der Waals surface area contributed by atoms with Crippen molar-refractivity contribution in [1.82, 2.24) is 0 Å². The van der Waals surface area contributed by atoms with Crippen LogP contribution in [0.15, 0.2) is 12.1 Å². The topological polar surface area (TPSA) is 52.6 Å². The molecule has 0 fully saturated rings. The molecule has 0 aliphatic heterocycles. The number of carbonyl (C=O) groups is 2. The minimum atomic E-state index is -0.194. The molecule has 0 saturated heterocycles. The highest BCUT2D eigenvalue weighted by Crippen LogP contribution is 2.35. The van der Waals surface area contributed by atoms with E-state index < -0.39 is 0 Å². The van der Waals surface area contributed by atoms with E-state index in [2.05, 4.69) is 27.7 Å². The molecule has 0 aromatic heterocycles. The molecule has 4 nitrogen and oxygen atoms in total. The van der Waals surface area contributed by atoms with Crippen LogP contribution in [-0.2, 0) is 9.53 Å². The van der Waals surface area contributed by atoms with Crippen molar-refractivity contribution in [2.45, 2.75) is 59.3 Å². The van der Waals surface area contributed by atoms with Gasteiger partial charge in [0.1, 0.15) is 12.0 Å². The number of esters is 1. The number of rotatable bonds is 9. The van der Waals surface area contributed by atoms with Crippen LogP contribution >= 0.6 is 0 Å². The summed E-state index contributed by atoms with van der Waals surface area (Å²) in [5.41, 5.74) is 2.75. The van der Waals surface area contributed by atoms with E-state index in [9.17, 15) is 9.59 Å². The van der Waals surface area contributed by atoms with Crippen LogP contribution < -0.4 is 4.74 Å². The monoisotopic (exact) mass is 320 g/mol. The number of hydrogen-bond donors (Lipinski definition) is 0. The fraction of sp³-hybridized carbons (Fsp3) is 0.579. The fourth-order valence-corrected chi connectivity index (χ4v) is 2.41. The molecule has 0 radical (unpaired) electrons. The molecular weight excluding hydrogens is 292 g/mol. The second-order valence-electron chi connectivity index (χ2n) is 6.21. The van der Waals surface area contributed by atoms with Crippen LogP contribution in [0, 0.1) is 0 Å². The van der Waals surface area contributed by atoms with Gasteiger partial charge in [0.25, 0.3) is 0 Å². The van der Waals surface area contributed by atoms with Crippen molar-refractivity contribution < 1.29 is 19.1 Å². The Labute approximate surface area is 139 Å². The van der Waals surface area contributed by atoms with Crippen molar-refractivity contribution in [2.24, 2.45) is 0 Å². The van der Waals surface area contributed by atoms with E-state index >= 15 is 0 Å². The van der Waals surface area contributed by atoms with Gasteiger partial charge in [-0.05, 0) is 48.4 Å². The van der Waals surface area contributed by atoms with Crippen molar-refractivity contribution in [3.05, 3.63) is 28.8 Å². The number of ether oxygens (including phenoxy) is 2. The summed E-state index contributed by atoms with van der Waals surface area (Å²) in [6.45, 7) is 11.0. The summed E-state index contributed by atoms with van der Waals surface area (Å²) >= 11 is 0. The van der Waals surface area contributed by atoms with E-state index in [1.807, 2.05) is 12.1 Å². The van der Waals surface area contributed by atoms with Crippen LogP contribution in [0.4, 0.5) is 0 Å². The van der Waals surface area contributed by atoms with E-state index in [-0.39, 0.29) is 17.8 Å². The molecule has 1 aromatic carbocycles. The van der Waals surface area contributed by atoms with E-state index in [4.69, 9.17) is 9.47 Å². The average molecular weight is 320 g/mol. The minimum absolute atomic E-state index is 0.194. The first-order chi connectivity index (χ1) is 10.9. The van der Waals surface area contributed by atoms with Gasteiger partial charge in [0.15, 0.2) is 0 Å². The van der Waals surface area contributed by atoms with Gasteiger partial charge in [0.05, 0.1) is 13.2 Å². The standard InChI is InChI=1S/C19H28O4/c1-6-22-18(21)8-7-9-23-19-16(13(2)3)10-15(12-20)11-17(19)14(4)5/h10-14H,6-9H2,1-5H3. The molecule has 0 aliphatic carbocycles. The number of carbonyl (C=O) groups excluding carboxylic acids is 2. The highest BCUT2D eigenvalue weighted by Gasteiger charge is 2.17. The molecule has 4 heteroatoms. The molecular formula is C19H28O4. The molecule has 0 aliphatic rings. The second-order valence-corrected chi connectivity index (χ2v) is 6.21. The average Bonchev–Trinajstić information content (AvgIpc) is 2.50. The summed E-state index contributed by atoms with van der Waals surface area (Å²) in [5, 5.41) is 0. The van der Waals surface area contributed by atoms with E-state index in [0.29, 0.717) is 31.6 Å². The van der Waals surface area contributed by atoms with E-state index in [1.165, 1.54) is 0 Å². The fourth-order valence-electron chi connectivity index (χ4n) is 2.41. The maximum atomic E-state index is 11.4. The highest BCUT2D eigenvalue weighted by molar-refractivity contribution is 5.77. The van der Waals surface area contributed by atoms with Crippen molar-refractivity contribution in [1.29, 1.82) is 0 Å². The van der Waals surface area contributed by atoms with Gasteiger partial charge in [-0.25, -0.2) is 0 Å². The van der Waals surface area contributed by atoms with E-state index in [1.54, 1.807) is 6.92 Å². The third kappa shape index (κ3) is 5.70. The maximum Gasteiger partial charge on any atom is 0.305 e. The van der Waals surface area contributed by atoms with Crippen LogP contribution in [0.5, 0.6) is 5.75 Å². The summed E-state index contributed by atoms with van der Waals surface area (Å²) in [4.78, 5) is 22.5. The summed E-state index contributed by atoms with van der Waals surface area (Å²) in [7, 11) is 0. The smallest absolute Gasteiger partial charge is 0.305 e. The van der Waals surface area contributed by atoms with Gasteiger partial charge in [-0.3, -0.25) is 9.59 Å². The van der Waals surface area contributed by atoms with Crippen molar-refractivity contribution in [3.8, 4) is 5.75 Å². The quantitative estimate of drug-likeness (QED) is 0.383. The molecule has 1 rings (SSSR count). The SMILES string of the molecule is CCOC(=O)CCCOc1c(C(C)C)cc(C=O)cc1C(C)C. The highest BCUT2D eigenvalue weighted by atomic mass is 16.5. The molecule has 0 spiro atoms. The number of benzene rings is 1. The Kier molecular flexibility index (Phi) is 7.79. The lowest BCUT2D eigenvalue weighted by Crippen LogP contribution is -2.09. The first kappa shape index (κ1) is 19.2. The zero-order valence-electron chi connectivity index (χ0n) is 14.8. The maximum absolute atomic E-state index is 11.4. The Morgan fingerprint density at radius 2 is 1.70 bits per heavy atom. The Morgan fingerprint density at radius 1 is 1.13 bits per heavy atom. The molecule has 0 bridgehead atoms. The van der Waals surface area contributed by atoms with Crippen molar-refractivity contribution in [3.63, 3.8) is 0 Å². The lowest BCUT2D eigenvalue weighted by molar-refractivity contribution is -0.143. The molecule has 128 valence electrons. The third-order valence-corrected chi connectivity index (χ3v) is 3.63. The zero-order valence-corrected chi connectivity index (χ0v) is 14.8. The Balaban J connectivity index is 2.90. The first-order valence-electron chi connectivity index (χ1n) is 8.32. The molecule has 0 saturated carbocycles. The number of aldehydes is 1. The summed E-state index contributed by atoms with van der Waals surface area (Å²) in [6.07, 6.45) is 1.85. The Morgan fingerprint density at radius 3 is 2.13 bits per heavy atom. The van der Waals surface area contributed by atoms with Gasteiger partial charge in [-0.1, -0.05) is 27.7 Å². The second kappa shape index (κ2) is 9.33. The molecule has 1 aromatic rings. The van der Waals surface area contributed by atoms with Crippen LogP contribution in [0.25, 0.3) is 0 Å². The van der Waals surface area contributed by atoms with E-state index in [0.717, 1.165) is 23.2 Å². The van der Waals surface area contributed by atoms with Crippen molar-refractivity contribution >= 4 is 12.3 Å². The molecule has 0 heterocycles. The lowest BCUT2D eigenvalue weighted by atomic mass is 9.91. The minimum Gasteiger partial charge on any atom is -0.493 e. The Bertz CT molecular complexity index is 503.